The van der Waals surface area contributed by atoms with Gasteiger partial charge >= 0.3 is 0 Å². The molecule has 0 bridgehead atoms. The molecule has 7 heteroatoms. The Balaban J connectivity index is 1.65. The van der Waals surface area contributed by atoms with E-state index in [4.69, 9.17) is 9.47 Å². The standard InChI is InChI=1S/C19H19N3O3S/c1-3-25-15-10-8-13(9-11-15)18(23)20-19-22-21-17(26-19)12-14-6-4-5-7-16(14)24-2/h4-11H,3,12H2,1-2H3,(H,20,22,23). The minimum Gasteiger partial charge on any atom is -0.496 e. The number of para-hydroxylation sites is 1. The van der Waals surface area contributed by atoms with Crippen LogP contribution in [0.15, 0.2) is 48.5 Å². The summed E-state index contributed by atoms with van der Waals surface area (Å²) in [6, 6.07) is 14.7. The number of hydrogen-bond acceptors (Lipinski definition) is 6. The SMILES string of the molecule is CCOc1ccc(C(=O)Nc2nnc(Cc3ccccc3OC)s2)cc1. The summed E-state index contributed by atoms with van der Waals surface area (Å²) in [6.45, 7) is 2.50. The first kappa shape index (κ1) is 17.9. The maximum Gasteiger partial charge on any atom is 0.257 e. The zero-order valence-corrected chi connectivity index (χ0v) is 15.4. The molecule has 1 amide bonds. The Hall–Kier alpha value is -2.93. The molecule has 0 radical (unpaired) electrons. The van der Waals surface area contributed by atoms with Crippen molar-refractivity contribution < 1.29 is 14.3 Å². The first-order chi connectivity index (χ1) is 12.7. The molecule has 1 aromatic heterocycles. The second-order valence-corrected chi connectivity index (χ2v) is 6.46. The zero-order valence-electron chi connectivity index (χ0n) is 14.6. The lowest BCUT2D eigenvalue weighted by molar-refractivity contribution is 0.102. The number of carbonyl (C=O) groups excluding carboxylic acids is 1. The normalized spacial score (nSPS) is 10.4. The predicted molar refractivity (Wildman–Crippen MR) is 101 cm³/mol. The van der Waals surface area contributed by atoms with Gasteiger partial charge in [0.05, 0.1) is 13.7 Å². The molecule has 0 unspecified atom stereocenters. The van der Waals surface area contributed by atoms with Gasteiger partial charge in [0, 0.05) is 17.5 Å². The lowest BCUT2D eigenvalue weighted by Gasteiger charge is -2.05. The Labute approximate surface area is 155 Å². The molecular weight excluding hydrogens is 350 g/mol. The lowest BCUT2D eigenvalue weighted by atomic mass is 10.1. The molecule has 6 nitrogen and oxygen atoms in total. The molecule has 0 aliphatic heterocycles. The molecule has 3 aromatic rings. The van der Waals surface area contributed by atoms with Crippen LogP contribution in [0.25, 0.3) is 0 Å². The van der Waals surface area contributed by atoms with Gasteiger partial charge in [0.2, 0.25) is 5.13 Å². The number of rotatable bonds is 7. The van der Waals surface area contributed by atoms with Gasteiger partial charge in [0.1, 0.15) is 16.5 Å². The van der Waals surface area contributed by atoms with Crippen molar-refractivity contribution in [2.24, 2.45) is 0 Å². The van der Waals surface area contributed by atoms with Gasteiger partial charge in [0.15, 0.2) is 0 Å². The van der Waals surface area contributed by atoms with Crippen molar-refractivity contribution in [3.05, 3.63) is 64.7 Å². The Morgan fingerprint density at radius 3 is 2.62 bits per heavy atom. The van der Waals surface area contributed by atoms with Gasteiger partial charge in [-0.15, -0.1) is 10.2 Å². The number of benzene rings is 2. The summed E-state index contributed by atoms with van der Waals surface area (Å²) in [5, 5.41) is 12.2. The third-order valence-electron chi connectivity index (χ3n) is 3.65. The van der Waals surface area contributed by atoms with Crippen LogP contribution in [-0.4, -0.2) is 29.8 Å². The van der Waals surface area contributed by atoms with E-state index in [2.05, 4.69) is 15.5 Å². The highest BCUT2D eigenvalue weighted by Gasteiger charge is 2.12. The molecule has 0 aliphatic carbocycles. The number of anilines is 1. The van der Waals surface area contributed by atoms with Crippen LogP contribution in [0.4, 0.5) is 5.13 Å². The van der Waals surface area contributed by atoms with E-state index in [1.54, 1.807) is 31.4 Å². The van der Waals surface area contributed by atoms with Crippen LogP contribution in [0.1, 0.15) is 27.9 Å². The molecule has 0 fully saturated rings. The average molecular weight is 369 g/mol. The predicted octanol–water partition coefficient (Wildman–Crippen LogP) is 3.79. The van der Waals surface area contributed by atoms with Crippen LogP contribution in [0.2, 0.25) is 0 Å². The van der Waals surface area contributed by atoms with E-state index in [9.17, 15) is 4.79 Å². The van der Waals surface area contributed by atoms with Crippen LogP contribution in [0, 0.1) is 0 Å². The van der Waals surface area contributed by atoms with Crippen LogP contribution in [0.5, 0.6) is 11.5 Å². The molecule has 3 rings (SSSR count). The first-order valence-corrected chi connectivity index (χ1v) is 8.99. The van der Waals surface area contributed by atoms with Gasteiger partial charge in [-0.2, -0.15) is 0 Å². The average Bonchev–Trinajstić information content (AvgIpc) is 3.10. The van der Waals surface area contributed by atoms with E-state index in [0.717, 1.165) is 22.1 Å². The van der Waals surface area contributed by atoms with Gasteiger partial charge in [0.25, 0.3) is 5.91 Å². The number of ether oxygens (including phenoxy) is 2. The molecule has 0 saturated carbocycles. The van der Waals surface area contributed by atoms with Crippen molar-refractivity contribution in [1.29, 1.82) is 0 Å². The van der Waals surface area contributed by atoms with Crippen molar-refractivity contribution in [2.45, 2.75) is 13.3 Å². The fourth-order valence-electron chi connectivity index (χ4n) is 2.43. The van der Waals surface area contributed by atoms with Crippen molar-refractivity contribution in [2.75, 3.05) is 19.0 Å². The fraction of sp³-hybridized carbons (Fsp3) is 0.211. The molecule has 1 N–H and O–H groups in total. The molecule has 2 aromatic carbocycles. The molecular formula is C19H19N3O3S. The van der Waals surface area contributed by atoms with Gasteiger partial charge in [-0.1, -0.05) is 29.5 Å². The summed E-state index contributed by atoms with van der Waals surface area (Å²) in [4.78, 5) is 12.3. The number of amides is 1. The number of carbonyl (C=O) groups is 1. The first-order valence-electron chi connectivity index (χ1n) is 8.18. The Bertz CT molecular complexity index is 878. The molecule has 134 valence electrons. The second kappa shape index (κ2) is 8.44. The topological polar surface area (TPSA) is 73.3 Å². The van der Waals surface area contributed by atoms with Gasteiger partial charge < -0.3 is 9.47 Å². The molecule has 0 spiro atoms. The molecule has 0 aliphatic rings. The second-order valence-electron chi connectivity index (χ2n) is 5.40. The Kier molecular flexibility index (Phi) is 5.80. The Morgan fingerprint density at radius 2 is 1.88 bits per heavy atom. The summed E-state index contributed by atoms with van der Waals surface area (Å²) in [5.74, 6) is 1.31. The summed E-state index contributed by atoms with van der Waals surface area (Å²) in [5.41, 5.74) is 1.56. The van der Waals surface area contributed by atoms with Crippen LogP contribution in [0.3, 0.4) is 0 Å². The quantitative estimate of drug-likeness (QED) is 0.686. The summed E-state index contributed by atoms with van der Waals surface area (Å²) >= 11 is 1.35. The summed E-state index contributed by atoms with van der Waals surface area (Å²) in [6.07, 6.45) is 0.598. The number of hydrogen-bond donors (Lipinski definition) is 1. The van der Waals surface area contributed by atoms with E-state index in [1.165, 1.54) is 11.3 Å². The van der Waals surface area contributed by atoms with Crippen molar-refractivity contribution in [1.82, 2.24) is 10.2 Å². The third kappa shape index (κ3) is 4.37. The van der Waals surface area contributed by atoms with Crippen molar-refractivity contribution >= 4 is 22.4 Å². The van der Waals surface area contributed by atoms with Gasteiger partial charge in [-0.05, 0) is 37.3 Å². The van der Waals surface area contributed by atoms with Crippen molar-refractivity contribution in [3.8, 4) is 11.5 Å². The number of aromatic nitrogens is 2. The van der Waals surface area contributed by atoms with Gasteiger partial charge in [-0.25, -0.2) is 0 Å². The van der Waals surface area contributed by atoms with E-state index in [-0.39, 0.29) is 5.91 Å². The molecule has 1 heterocycles. The van der Waals surface area contributed by atoms with E-state index >= 15 is 0 Å². The summed E-state index contributed by atoms with van der Waals surface area (Å²) in [7, 11) is 1.64. The Morgan fingerprint density at radius 1 is 1.12 bits per heavy atom. The monoisotopic (exact) mass is 369 g/mol. The van der Waals surface area contributed by atoms with Crippen LogP contribution < -0.4 is 14.8 Å². The molecule has 0 atom stereocenters. The maximum atomic E-state index is 12.3. The largest absolute Gasteiger partial charge is 0.496 e. The van der Waals surface area contributed by atoms with E-state index < -0.39 is 0 Å². The maximum absolute atomic E-state index is 12.3. The smallest absolute Gasteiger partial charge is 0.257 e. The molecule has 26 heavy (non-hydrogen) atoms. The number of nitrogens with one attached hydrogen (secondary N) is 1. The highest BCUT2D eigenvalue weighted by Crippen LogP contribution is 2.24. The minimum absolute atomic E-state index is 0.229. The zero-order chi connectivity index (χ0) is 18.4. The number of methoxy groups -OCH3 is 1. The molecule has 0 saturated heterocycles. The fourth-order valence-corrected chi connectivity index (χ4v) is 3.18. The summed E-state index contributed by atoms with van der Waals surface area (Å²) < 4.78 is 10.7. The third-order valence-corrected chi connectivity index (χ3v) is 4.49. The van der Waals surface area contributed by atoms with Crippen LogP contribution in [-0.2, 0) is 6.42 Å². The van der Waals surface area contributed by atoms with E-state index in [0.29, 0.717) is 23.7 Å². The highest BCUT2D eigenvalue weighted by molar-refractivity contribution is 7.15. The van der Waals surface area contributed by atoms with Gasteiger partial charge in [-0.3, -0.25) is 10.1 Å². The highest BCUT2D eigenvalue weighted by atomic mass is 32.1. The van der Waals surface area contributed by atoms with E-state index in [1.807, 2.05) is 31.2 Å². The van der Waals surface area contributed by atoms with Crippen LogP contribution >= 0.6 is 11.3 Å². The lowest BCUT2D eigenvalue weighted by Crippen LogP contribution is -2.11. The van der Waals surface area contributed by atoms with Crippen molar-refractivity contribution in [3.63, 3.8) is 0 Å². The number of nitrogens with zero attached hydrogens (tertiary/aromatic N) is 2. The minimum atomic E-state index is -0.229.